The number of nitrogens with two attached hydrogens (primary N) is 1. The van der Waals surface area contributed by atoms with E-state index in [2.05, 4.69) is 4.74 Å². The molecule has 7 heteroatoms. The minimum absolute atomic E-state index is 0.276. The molecule has 0 amide bonds. The highest BCUT2D eigenvalue weighted by Crippen LogP contribution is 2.29. The van der Waals surface area contributed by atoms with Crippen LogP contribution in [0.1, 0.15) is 0 Å². The van der Waals surface area contributed by atoms with Crippen LogP contribution in [0.4, 0.5) is 23.2 Å². The van der Waals surface area contributed by atoms with Gasteiger partial charge in [-0.2, -0.15) is 0 Å². The van der Waals surface area contributed by atoms with Gasteiger partial charge in [0, 0.05) is 6.07 Å². The molecule has 0 aliphatic heterocycles. The van der Waals surface area contributed by atoms with Crippen molar-refractivity contribution < 1.29 is 22.3 Å². The third kappa shape index (κ3) is 2.77. The number of benzene rings is 1. The molecule has 1 aromatic carbocycles. The van der Waals surface area contributed by atoms with Gasteiger partial charge in [-0.05, 0) is 12.1 Å². The summed E-state index contributed by atoms with van der Waals surface area (Å²) in [7, 11) is 0. The number of anilines is 1. The van der Waals surface area contributed by atoms with E-state index in [1.54, 1.807) is 0 Å². The van der Waals surface area contributed by atoms with Crippen LogP contribution < -0.4 is 16.0 Å². The van der Waals surface area contributed by atoms with Gasteiger partial charge in [0.1, 0.15) is 5.82 Å². The quantitative estimate of drug-likeness (QED) is 0.446. The summed E-state index contributed by atoms with van der Waals surface area (Å²) in [5.74, 6) is 3.58. The summed E-state index contributed by atoms with van der Waals surface area (Å²) in [6, 6.07) is 2.46. The van der Waals surface area contributed by atoms with Crippen LogP contribution in [0.5, 0.6) is 5.75 Å². The summed E-state index contributed by atoms with van der Waals surface area (Å²) >= 11 is 0. The molecule has 0 aliphatic carbocycles. The monoisotopic (exact) mass is 210 g/mol. The zero-order chi connectivity index (χ0) is 10.8. The zero-order valence-electron chi connectivity index (χ0n) is 6.73. The first-order valence-corrected chi connectivity index (χ1v) is 3.44. The van der Waals surface area contributed by atoms with E-state index in [0.29, 0.717) is 0 Å². The van der Waals surface area contributed by atoms with Crippen LogP contribution in [0.3, 0.4) is 0 Å². The fraction of sp³-hybridized carbons (Fsp3) is 0.143. The van der Waals surface area contributed by atoms with E-state index >= 15 is 0 Å². The average molecular weight is 210 g/mol. The molecule has 0 aromatic heterocycles. The Bertz CT molecular complexity index is 326. The predicted octanol–water partition coefficient (Wildman–Crippen LogP) is 2.01. The number of ether oxygens (including phenoxy) is 1. The smallest absolute Gasteiger partial charge is 0.404 e. The Hall–Kier alpha value is -1.50. The number of halogens is 4. The number of alkyl halides is 3. The molecule has 3 N–H and O–H groups in total. The predicted molar refractivity (Wildman–Crippen MR) is 40.9 cm³/mol. The van der Waals surface area contributed by atoms with Crippen molar-refractivity contribution >= 4 is 5.69 Å². The van der Waals surface area contributed by atoms with Gasteiger partial charge in [0.15, 0.2) is 5.75 Å². The minimum atomic E-state index is -4.83. The molecule has 0 fully saturated rings. The fourth-order valence-electron chi connectivity index (χ4n) is 0.829. The Balaban J connectivity index is 2.97. The Labute approximate surface area is 76.4 Å². The molecular formula is C7H6F4N2O. The third-order valence-electron chi connectivity index (χ3n) is 1.32. The van der Waals surface area contributed by atoms with E-state index in [4.69, 9.17) is 5.84 Å². The van der Waals surface area contributed by atoms with Gasteiger partial charge >= 0.3 is 6.36 Å². The number of nitrogens with one attached hydrogen (secondary N) is 1. The maximum absolute atomic E-state index is 12.5. The largest absolute Gasteiger partial charge is 0.573 e. The molecule has 0 saturated heterocycles. The van der Waals surface area contributed by atoms with Crippen molar-refractivity contribution in [2.45, 2.75) is 6.36 Å². The Kier molecular flexibility index (Phi) is 2.80. The highest BCUT2D eigenvalue weighted by atomic mass is 19.4. The van der Waals surface area contributed by atoms with E-state index in [9.17, 15) is 17.6 Å². The molecule has 3 nitrogen and oxygen atoms in total. The van der Waals surface area contributed by atoms with Gasteiger partial charge < -0.3 is 10.2 Å². The van der Waals surface area contributed by atoms with Gasteiger partial charge in [-0.15, -0.1) is 13.2 Å². The average Bonchev–Trinajstić information content (AvgIpc) is 2.06. The highest BCUT2D eigenvalue weighted by molar-refractivity contribution is 5.55. The van der Waals surface area contributed by atoms with Crippen molar-refractivity contribution in [3.05, 3.63) is 24.0 Å². The van der Waals surface area contributed by atoms with Crippen molar-refractivity contribution in [1.82, 2.24) is 0 Å². The van der Waals surface area contributed by atoms with E-state index in [0.717, 1.165) is 18.2 Å². The summed E-state index contributed by atoms with van der Waals surface area (Å²) in [5.41, 5.74) is 1.62. The van der Waals surface area contributed by atoms with Crippen LogP contribution in [-0.2, 0) is 0 Å². The Morgan fingerprint density at radius 3 is 2.43 bits per heavy atom. The molecule has 14 heavy (non-hydrogen) atoms. The van der Waals surface area contributed by atoms with Crippen molar-refractivity contribution in [3.63, 3.8) is 0 Å². The maximum atomic E-state index is 12.5. The summed E-state index contributed by atoms with van der Waals surface area (Å²) in [6.45, 7) is 0. The molecule has 0 spiro atoms. The van der Waals surface area contributed by atoms with Crippen LogP contribution >= 0.6 is 0 Å². The van der Waals surface area contributed by atoms with E-state index in [-0.39, 0.29) is 5.69 Å². The van der Waals surface area contributed by atoms with Crippen molar-refractivity contribution in [3.8, 4) is 5.75 Å². The van der Waals surface area contributed by atoms with Crippen molar-refractivity contribution in [2.24, 2.45) is 5.84 Å². The van der Waals surface area contributed by atoms with Gasteiger partial charge in [-0.1, -0.05) is 0 Å². The van der Waals surface area contributed by atoms with Crippen LogP contribution in [0.25, 0.3) is 0 Å². The van der Waals surface area contributed by atoms with Crippen LogP contribution in [-0.4, -0.2) is 6.36 Å². The standard InChI is InChI=1S/C7H6F4N2O/c8-4-1-2-6(5(3-4)13-12)14-7(9,10)11/h1-3,13H,12H2. The van der Waals surface area contributed by atoms with Gasteiger partial charge in [0.05, 0.1) is 5.69 Å². The molecule has 78 valence electrons. The number of hydrogen-bond acceptors (Lipinski definition) is 3. The minimum Gasteiger partial charge on any atom is -0.404 e. The van der Waals surface area contributed by atoms with E-state index in [1.165, 1.54) is 0 Å². The van der Waals surface area contributed by atoms with E-state index in [1.807, 2.05) is 5.43 Å². The van der Waals surface area contributed by atoms with Gasteiger partial charge in [-0.3, -0.25) is 5.84 Å². The second kappa shape index (κ2) is 3.70. The fourth-order valence-corrected chi connectivity index (χ4v) is 0.829. The number of hydrazine groups is 1. The molecule has 0 aliphatic rings. The normalized spacial score (nSPS) is 11.2. The van der Waals surface area contributed by atoms with E-state index < -0.39 is 17.9 Å². The SMILES string of the molecule is NNc1cc(F)ccc1OC(F)(F)F. The van der Waals surface area contributed by atoms with Crippen molar-refractivity contribution in [2.75, 3.05) is 5.43 Å². The molecule has 1 aromatic rings. The summed E-state index contributed by atoms with van der Waals surface area (Å²) < 4.78 is 51.4. The lowest BCUT2D eigenvalue weighted by molar-refractivity contribution is -0.274. The second-order valence-corrected chi connectivity index (χ2v) is 2.33. The number of rotatable bonds is 2. The van der Waals surface area contributed by atoms with Crippen LogP contribution in [0, 0.1) is 5.82 Å². The topological polar surface area (TPSA) is 47.3 Å². The second-order valence-electron chi connectivity index (χ2n) is 2.33. The lowest BCUT2D eigenvalue weighted by atomic mass is 10.3. The first kappa shape index (κ1) is 10.6. The van der Waals surface area contributed by atoms with Crippen LogP contribution in [0.2, 0.25) is 0 Å². The number of nitrogen functional groups attached to an aromatic ring is 1. The highest BCUT2D eigenvalue weighted by Gasteiger charge is 2.32. The molecule has 0 radical (unpaired) electrons. The first-order chi connectivity index (χ1) is 6.42. The Morgan fingerprint density at radius 2 is 1.93 bits per heavy atom. The van der Waals surface area contributed by atoms with Crippen molar-refractivity contribution in [1.29, 1.82) is 0 Å². The summed E-state index contributed by atoms with van der Waals surface area (Å²) in [5, 5.41) is 0. The molecule has 1 rings (SSSR count). The third-order valence-corrected chi connectivity index (χ3v) is 1.32. The number of hydrogen-bond donors (Lipinski definition) is 2. The summed E-state index contributed by atoms with van der Waals surface area (Å²) in [4.78, 5) is 0. The summed E-state index contributed by atoms with van der Waals surface area (Å²) in [6.07, 6.45) is -4.83. The lowest BCUT2D eigenvalue weighted by Crippen LogP contribution is -2.19. The lowest BCUT2D eigenvalue weighted by Gasteiger charge is -2.12. The molecule has 0 bridgehead atoms. The maximum Gasteiger partial charge on any atom is 0.573 e. The molecular weight excluding hydrogens is 204 g/mol. The van der Waals surface area contributed by atoms with Gasteiger partial charge in [-0.25, -0.2) is 4.39 Å². The molecule has 0 atom stereocenters. The van der Waals surface area contributed by atoms with Gasteiger partial charge in [0.2, 0.25) is 0 Å². The Morgan fingerprint density at radius 1 is 1.29 bits per heavy atom. The molecule has 0 heterocycles. The zero-order valence-corrected chi connectivity index (χ0v) is 6.73. The molecule has 0 unspecified atom stereocenters. The van der Waals surface area contributed by atoms with Gasteiger partial charge in [0.25, 0.3) is 0 Å². The van der Waals surface area contributed by atoms with Crippen LogP contribution in [0.15, 0.2) is 18.2 Å². The first-order valence-electron chi connectivity index (χ1n) is 3.44. The molecule has 0 saturated carbocycles.